The molecule has 0 saturated carbocycles. The topological polar surface area (TPSA) is 129 Å². The lowest BCUT2D eigenvalue weighted by Gasteiger charge is -2.20. The molecule has 1 amide bonds. The first-order valence-corrected chi connectivity index (χ1v) is 7.98. The van der Waals surface area contributed by atoms with Crippen LogP contribution in [0.2, 0.25) is 0 Å². The number of allylic oxidation sites excluding steroid dienone is 1. The van der Waals surface area contributed by atoms with Crippen LogP contribution in [-0.2, 0) is 4.74 Å². The van der Waals surface area contributed by atoms with Crippen LogP contribution in [0.3, 0.4) is 0 Å². The minimum atomic E-state index is -0.588. The van der Waals surface area contributed by atoms with Gasteiger partial charge in [-0.15, -0.1) is 10.2 Å². The van der Waals surface area contributed by atoms with E-state index in [0.717, 1.165) is 4.47 Å². The maximum absolute atomic E-state index is 11.8. The van der Waals surface area contributed by atoms with Gasteiger partial charge in [0, 0.05) is 16.4 Å². The van der Waals surface area contributed by atoms with Crippen LogP contribution in [0.1, 0.15) is 26.6 Å². The summed E-state index contributed by atoms with van der Waals surface area (Å²) in [6.07, 6.45) is 0.892. The third-order valence-corrected chi connectivity index (χ3v) is 3.38. The third-order valence-electron chi connectivity index (χ3n) is 2.69. The summed E-state index contributed by atoms with van der Waals surface area (Å²) in [5.74, 6) is 0.175. The second-order valence-corrected chi connectivity index (χ2v) is 6.73. The van der Waals surface area contributed by atoms with Gasteiger partial charge in [-0.1, -0.05) is 0 Å². The molecule has 2 rings (SSSR count). The van der Waals surface area contributed by atoms with E-state index in [9.17, 15) is 4.79 Å². The van der Waals surface area contributed by atoms with Crippen molar-refractivity contribution < 1.29 is 9.53 Å². The first kappa shape index (κ1) is 18.4. The zero-order valence-corrected chi connectivity index (χ0v) is 15.4. The highest BCUT2D eigenvalue weighted by atomic mass is 79.9. The van der Waals surface area contributed by atoms with Crippen LogP contribution in [0.15, 0.2) is 28.9 Å². The number of benzene rings is 1. The zero-order valence-electron chi connectivity index (χ0n) is 13.8. The maximum atomic E-state index is 11.8. The number of aromatic amines is 1. The molecule has 2 aromatic rings. The quantitative estimate of drug-likeness (QED) is 0.665. The first-order valence-electron chi connectivity index (χ1n) is 7.18. The summed E-state index contributed by atoms with van der Waals surface area (Å²) in [7, 11) is 0. The van der Waals surface area contributed by atoms with Gasteiger partial charge in [0.1, 0.15) is 17.2 Å². The van der Waals surface area contributed by atoms with Gasteiger partial charge >= 0.3 is 6.09 Å². The predicted octanol–water partition coefficient (Wildman–Crippen LogP) is 3.29. The average Bonchev–Trinajstić information content (AvgIpc) is 3.03. The minimum Gasteiger partial charge on any atom is -0.444 e. The van der Waals surface area contributed by atoms with Crippen LogP contribution in [0, 0.1) is 11.3 Å². The number of anilines is 2. The number of ether oxygens (including phenoxy) is 1. The molecule has 0 bridgehead atoms. The van der Waals surface area contributed by atoms with Gasteiger partial charge in [0.15, 0.2) is 0 Å². The Morgan fingerprint density at radius 1 is 1.44 bits per heavy atom. The molecule has 1 aromatic carbocycles. The largest absolute Gasteiger partial charge is 0.444 e. The van der Waals surface area contributed by atoms with Gasteiger partial charge in [0.05, 0.1) is 5.69 Å². The molecule has 0 radical (unpaired) electrons. The summed E-state index contributed by atoms with van der Waals surface area (Å²) >= 11 is 3.40. The Labute approximate surface area is 152 Å². The molecule has 0 atom stereocenters. The van der Waals surface area contributed by atoms with E-state index < -0.39 is 11.7 Å². The number of nitrogens with zero attached hydrogens (tertiary/aromatic N) is 4. The number of tetrazole rings is 1. The number of H-pyrrole nitrogens is 1. The molecule has 3 N–H and O–H groups in total. The number of nitriles is 1. The van der Waals surface area contributed by atoms with Gasteiger partial charge in [0.25, 0.3) is 0 Å². The Bertz CT molecular complexity index is 819. The van der Waals surface area contributed by atoms with Crippen LogP contribution >= 0.6 is 15.9 Å². The number of amides is 1. The normalized spacial score (nSPS) is 11.6. The number of rotatable bonds is 4. The maximum Gasteiger partial charge on any atom is 0.412 e. The number of hydrogen-bond acceptors (Lipinski definition) is 7. The fraction of sp³-hybridized carbons (Fsp3) is 0.267. The summed E-state index contributed by atoms with van der Waals surface area (Å²) < 4.78 is 5.95. The summed E-state index contributed by atoms with van der Waals surface area (Å²) in [6.45, 7) is 5.36. The average molecular weight is 406 g/mol. The fourth-order valence-corrected chi connectivity index (χ4v) is 2.07. The van der Waals surface area contributed by atoms with Crippen molar-refractivity contribution in [3.63, 3.8) is 0 Å². The fourth-order valence-electron chi connectivity index (χ4n) is 1.71. The molecule has 1 heterocycles. The van der Waals surface area contributed by atoms with Gasteiger partial charge in [-0.05, 0) is 60.1 Å². The van der Waals surface area contributed by atoms with E-state index in [1.54, 1.807) is 39.0 Å². The van der Waals surface area contributed by atoms with Crippen molar-refractivity contribution in [3.05, 3.63) is 34.7 Å². The molecule has 25 heavy (non-hydrogen) atoms. The highest BCUT2D eigenvalue weighted by molar-refractivity contribution is 9.10. The predicted molar refractivity (Wildman–Crippen MR) is 95.4 cm³/mol. The molecule has 130 valence electrons. The van der Waals surface area contributed by atoms with Crippen LogP contribution < -0.4 is 10.6 Å². The van der Waals surface area contributed by atoms with Crippen molar-refractivity contribution in [2.24, 2.45) is 0 Å². The number of carbonyl (C=O) groups excluding carboxylic acids is 1. The number of carbonyl (C=O) groups is 1. The van der Waals surface area contributed by atoms with E-state index >= 15 is 0 Å². The molecule has 0 aliphatic rings. The third kappa shape index (κ3) is 5.58. The number of nitrogens with one attached hydrogen (secondary N) is 3. The minimum absolute atomic E-state index is 0.175. The lowest BCUT2D eigenvalue weighted by molar-refractivity contribution is 0.0636. The van der Waals surface area contributed by atoms with E-state index in [1.165, 1.54) is 6.20 Å². The van der Waals surface area contributed by atoms with Crippen molar-refractivity contribution in [1.29, 1.82) is 5.26 Å². The van der Waals surface area contributed by atoms with E-state index in [4.69, 9.17) is 10.00 Å². The second kappa shape index (κ2) is 7.76. The Morgan fingerprint density at radius 2 is 2.20 bits per heavy atom. The number of halogens is 1. The molecular formula is C15H16BrN7O2. The molecule has 0 unspecified atom stereocenters. The molecule has 0 saturated heterocycles. The summed E-state index contributed by atoms with van der Waals surface area (Å²) in [5, 5.41) is 28.0. The number of hydrogen-bond donors (Lipinski definition) is 3. The van der Waals surface area contributed by atoms with E-state index in [0.29, 0.717) is 11.4 Å². The van der Waals surface area contributed by atoms with Crippen molar-refractivity contribution in [2.45, 2.75) is 26.4 Å². The SMILES string of the molecule is CC(C)(C)OC(=O)Nc1ccc(Br)c(NC=C(C#N)c2nn[nH]n2)c1. The Hall–Kier alpha value is -2.93. The van der Waals surface area contributed by atoms with Gasteiger partial charge in [-0.25, -0.2) is 4.79 Å². The van der Waals surface area contributed by atoms with Gasteiger partial charge in [-0.2, -0.15) is 10.5 Å². The lowest BCUT2D eigenvalue weighted by atomic mass is 10.2. The molecule has 1 aromatic heterocycles. The van der Waals surface area contributed by atoms with Crippen molar-refractivity contribution in [1.82, 2.24) is 20.6 Å². The van der Waals surface area contributed by atoms with Crippen LogP contribution in [0.4, 0.5) is 16.2 Å². The van der Waals surface area contributed by atoms with Crippen LogP contribution in [0.5, 0.6) is 0 Å². The van der Waals surface area contributed by atoms with Gasteiger partial charge in [0.2, 0.25) is 5.82 Å². The molecule has 0 spiro atoms. The van der Waals surface area contributed by atoms with E-state index in [2.05, 4.69) is 47.2 Å². The first-order chi connectivity index (χ1) is 11.8. The smallest absolute Gasteiger partial charge is 0.412 e. The molecule has 9 nitrogen and oxygen atoms in total. The molecule has 10 heteroatoms. The van der Waals surface area contributed by atoms with Crippen molar-refractivity contribution in [2.75, 3.05) is 10.6 Å². The number of aromatic nitrogens is 4. The standard InChI is InChI=1S/C15H16BrN7O2/c1-15(2,3)25-14(24)19-10-4-5-11(16)12(6-10)18-8-9(7-17)13-20-22-23-21-13/h4-6,8,18H,1-3H3,(H,19,24)(H,20,21,22,23). The van der Waals surface area contributed by atoms with Crippen molar-refractivity contribution in [3.8, 4) is 6.07 Å². The Balaban J connectivity index is 2.14. The van der Waals surface area contributed by atoms with Gasteiger partial charge in [-0.3, -0.25) is 5.32 Å². The summed E-state index contributed by atoms with van der Waals surface area (Å²) in [5.41, 5.74) is 0.776. The molecular weight excluding hydrogens is 390 g/mol. The van der Waals surface area contributed by atoms with E-state index in [-0.39, 0.29) is 11.4 Å². The monoisotopic (exact) mass is 405 g/mol. The Kier molecular flexibility index (Phi) is 5.71. The van der Waals surface area contributed by atoms with E-state index in [1.807, 2.05) is 6.07 Å². The lowest BCUT2D eigenvalue weighted by Crippen LogP contribution is -2.27. The second-order valence-electron chi connectivity index (χ2n) is 5.87. The van der Waals surface area contributed by atoms with Gasteiger partial charge < -0.3 is 10.1 Å². The van der Waals surface area contributed by atoms with Crippen LogP contribution in [-0.4, -0.2) is 32.3 Å². The Morgan fingerprint density at radius 3 is 2.80 bits per heavy atom. The zero-order chi connectivity index (χ0) is 18.4. The molecule has 0 aliphatic carbocycles. The van der Waals surface area contributed by atoms with Crippen molar-refractivity contribution >= 4 is 39.0 Å². The van der Waals surface area contributed by atoms with Crippen LogP contribution in [0.25, 0.3) is 5.57 Å². The highest BCUT2D eigenvalue weighted by Crippen LogP contribution is 2.27. The summed E-state index contributed by atoms with van der Waals surface area (Å²) in [6, 6.07) is 7.13. The summed E-state index contributed by atoms with van der Waals surface area (Å²) in [4.78, 5) is 11.8. The molecule has 0 fully saturated rings. The molecule has 0 aliphatic heterocycles. The highest BCUT2D eigenvalue weighted by Gasteiger charge is 2.16.